The van der Waals surface area contributed by atoms with E-state index in [9.17, 15) is 10.2 Å². The fraction of sp³-hybridized carbons (Fsp3) is 0.800. The second-order valence-electron chi connectivity index (χ2n) is 8.88. The molecule has 2 rings (SSSR count). The number of aliphatic hydroxyl groups excluding tert-OH is 1. The number of hydrogen-bond donors (Lipinski definition) is 2. The highest BCUT2D eigenvalue weighted by Gasteiger charge is 2.58. The van der Waals surface area contributed by atoms with Gasteiger partial charge in [0.15, 0.2) is 0 Å². The molecule has 0 aromatic rings. The van der Waals surface area contributed by atoms with Crippen LogP contribution in [0, 0.1) is 22.7 Å². The van der Waals surface area contributed by atoms with Gasteiger partial charge < -0.3 is 10.2 Å². The molecule has 0 heterocycles. The summed E-state index contributed by atoms with van der Waals surface area (Å²) < 4.78 is 0. The SMILES string of the molecule is C=CC(=C)[C@@H](O)C[C@@H]1[C@@]2(C)CCCC(C)(C)[C@@H]2CC[C@@]1(C)O. The lowest BCUT2D eigenvalue weighted by Crippen LogP contribution is -2.58. The van der Waals surface area contributed by atoms with Crippen molar-refractivity contribution in [1.29, 1.82) is 0 Å². The molecule has 0 bridgehead atoms. The molecule has 2 aliphatic carbocycles. The van der Waals surface area contributed by atoms with Gasteiger partial charge in [-0.05, 0) is 67.3 Å². The van der Waals surface area contributed by atoms with Gasteiger partial charge in [-0.15, -0.1) is 0 Å². The molecule has 0 aliphatic heterocycles. The lowest BCUT2D eigenvalue weighted by molar-refractivity contribution is -0.174. The summed E-state index contributed by atoms with van der Waals surface area (Å²) in [6.07, 6.45) is 7.16. The Kier molecular flexibility index (Phi) is 4.68. The second kappa shape index (κ2) is 5.79. The van der Waals surface area contributed by atoms with Crippen LogP contribution in [0.3, 0.4) is 0 Å². The van der Waals surface area contributed by atoms with E-state index >= 15 is 0 Å². The van der Waals surface area contributed by atoms with Gasteiger partial charge in [0.2, 0.25) is 0 Å². The number of hydrogen-bond acceptors (Lipinski definition) is 2. The third-order valence-corrected chi connectivity index (χ3v) is 6.91. The first-order chi connectivity index (χ1) is 10.0. The van der Waals surface area contributed by atoms with Crippen molar-refractivity contribution in [3.8, 4) is 0 Å². The summed E-state index contributed by atoms with van der Waals surface area (Å²) in [7, 11) is 0. The molecule has 2 fully saturated rings. The highest BCUT2D eigenvalue weighted by molar-refractivity contribution is 5.18. The van der Waals surface area contributed by atoms with Crippen molar-refractivity contribution in [3.05, 3.63) is 24.8 Å². The Labute approximate surface area is 136 Å². The first kappa shape index (κ1) is 17.7. The molecule has 126 valence electrons. The van der Waals surface area contributed by atoms with Crippen molar-refractivity contribution >= 4 is 0 Å². The van der Waals surface area contributed by atoms with Crippen LogP contribution in [0.1, 0.15) is 66.2 Å². The van der Waals surface area contributed by atoms with Crippen molar-refractivity contribution in [2.24, 2.45) is 22.7 Å². The molecule has 5 atom stereocenters. The molecule has 0 unspecified atom stereocenters. The van der Waals surface area contributed by atoms with Crippen LogP contribution in [-0.2, 0) is 0 Å². The van der Waals surface area contributed by atoms with Gasteiger partial charge in [0, 0.05) is 0 Å². The lowest BCUT2D eigenvalue weighted by Gasteiger charge is -2.61. The van der Waals surface area contributed by atoms with E-state index < -0.39 is 11.7 Å². The average molecular weight is 306 g/mol. The van der Waals surface area contributed by atoms with Crippen molar-refractivity contribution in [2.75, 3.05) is 0 Å². The van der Waals surface area contributed by atoms with E-state index in [1.165, 1.54) is 12.8 Å². The van der Waals surface area contributed by atoms with Gasteiger partial charge in [-0.3, -0.25) is 0 Å². The summed E-state index contributed by atoms with van der Waals surface area (Å²) in [5.41, 5.74) is 0.367. The summed E-state index contributed by atoms with van der Waals surface area (Å²) in [6, 6.07) is 0. The van der Waals surface area contributed by atoms with E-state index in [0.717, 1.165) is 19.3 Å². The molecule has 0 aromatic heterocycles. The molecule has 2 nitrogen and oxygen atoms in total. The molecular weight excluding hydrogens is 272 g/mol. The zero-order chi connectivity index (χ0) is 16.8. The van der Waals surface area contributed by atoms with Gasteiger partial charge in [0.1, 0.15) is 0 Å². The molecule has 2 aliphatic rings. The van der Waals surface area contributed by atoms with Gasteiger partial charge in [0.05, 0.1) is 11.7 Å². The summed E-state index contributed by atoms with van der Waals surface area (Å²) in [5.74, 6) is 0.716. The highest BCUT2D eigenvalue weighted by Crippen LogP contribution is 2.62. The van der Waals surface area contributed by atoms with E-state index in [0.29, 0.717) is 23.3 Å². The molecule has 0 spiro atoms. The minimum Gasteiger partial charge on any atom is -0.390 e. The first-order valence-corrected chi connectivity index (χ1v) is 8.76. The van der Waals surface area contributed by atoms with Crippen molar-refractivity contribution < 1.29 is 10.2 Å². The summed E-state index contributed by atoms with van der Waals surface area (Å²) in [5, 5.41) is 21.5. The van der Waals surface area contributed by atoms with E-state index in [1.807, 2.05) is 6.92 Å². The average Bonchev–Trinajstić information content (AvgIpc) is 2.40. The predicted octanol–water partition coefficient (Wildman–Crippen LogP) is 4.47. The zero-order valence-corrected chi connectivity index (χ0v) is 14.9. The van der Waals surface area contributed by atoms with Crippen LogP contribution in [-0.4, -0.2) is 21.9 Å². The zero-order valence-electron chi connectivity index (χ0n) is 14.9. The summed E-state index contributed by atoms with van der Waals surface area (Å²) in [4.78, 5) is 0. The Balaban J connectivity index is 2.34. The molecule has 2 N–H and O–H groups in total. The van der Waals surface area contributed by atoms with Crippen LogP contribution >= 0.6 is 0 Å². The molecule has 0 aromatic carbocycles. The minimum absolute atomic E-state index is 0.0892. The van der Waals surface area contributed by atoms with Gasteiger partial charge in [0.25, 0.3) is 0 Å². The topological polar surface area (TPSA) is 40.5 Å². The molecule has 0 radical (unpaired) electrons. The van der Waals surface area contributed by atoms with E-state index in [1.54, 1.807) is 6.08 Å². The van der Waals surface area contributed by atoms with Crippen LogP contribution in [0.2, 0.25) is 0 Å². The normalized spacial score (nSPS) is 42.3. The highest BCUT2D eigenvalue weighted by atomic mass is 16.3. The maximum Gasteiger partial charge on any atom is 0.0788 e. The maximum atomic E-state index is 11.0. The Morgan fingerprint density at radius 2 is 1.86 bits per heavy atom. The Bertz CT molecular complexity index is 449. The molecule has 2 saturated carbocycles. The van der Waals surface area contributed by atoms with Crippen LogP contribution in [0.25, 0.3) is 0 Å². The van der Waals surface area contributed by atoms with E-state index in [-0.39, 0.29) is 11.3 Å². The maximum absolute atomic E-state index is 11.0. The predicted molar refractivity (Wildman–Crippen MR) is 92.5 cm³/mol. The summed E-state index contributed by atoms with van der Waals surface area (Å²) >= 11 is 0. The van der Waals surface area contributed by atoms with Gasteiger partial charge in [-0.1, -0.05) is 46.4 Å². The fourth-order valence-corrected chi connectivity index (χ4v) is 5.66. The van der Waals surface area contributed by atoms with Crippen LogP contribution in [0.4, 0.5) is 0 Å². The quantitative estimate of drug-likeness (QED) is 0.752. The van der Waals surface area contributed by atoms with Gasteiger partial charge in [-0.25, -0.2) is 0 Å². The standard InChI is InChI=1S/C20H34O2/c1-7-14(2)15(21)13-17-19(5)11-8-10-18(3,4)16(19)9-12-20(17,6)22/h7,15-17,21-22H,1-2,8-13H2,3-6H3/t15-,16-,17+,19-,20+/m0/s1. The van der Waals surface area contributed by atoms with E-state index in [2.05, 4.69) is 33.9 Å². The molecule has 0 saturated heterocycles. The molecule has 2 heteroatoms. The first-order valence-electron chi connectivity index (χ1n) is 8.76. The van der Waals surface area contributed by atoms with Crippen molar-refractivity contribution in [2.45, 2.75) is 77.9 Å². The largest absolute Gasteiger partial charge is 0.390 e. The summed E-state index contributed by atoms with van der Waals surface area (Å²) in [6.45, 7) is 16.7. The smallest absolute Gasteiger partial charge is 0.0788 e. The molecular formula is C20H34O2. The Hall–Kier alpha value is -0.600. The number of aliphatic hydroxyl groups is 2. The Morgan fingerprint density at radius 3 is 2.45 bits per heavy atom. The number of rotatable bonds is 4. The van der Waals surface area contributed by atoms with Crippen LogP contribution < -0.4 is 0 Å². The number of fused-ring (bicyclic) bond motifs is 1. The van der Waals surface area contributed by atoms with Crippen LogP contribution in [0.15, 0.2) is 24.8 Å². The monoisotopic (exact) mass is 306 g/mol. The van der Waals surface area contributed by atoms with Crippen molar-refractivity contribution in [1.82, 2.24) is 0 Å². The molecule has 0 amide bonds. The third kappa shape index (κ3) is 2.92. The third-order valence-electron chi connectivity index (χ3n) is 6.91. The molecule has 22 heavy (non-hydrogen) atoms. The second-order valence-corrected chi connectivity index (χ2v) is 8.88. The lowest BCUT2D eigenvalue weighted by atomic mass is 9.45. The van der Waals surface area contributed by atoms with Crippen molar-refractivity contribution in [3.63, 3.8) is 0 Å². The van der Waals surface area contributed by atoms with E-state index in [4.69, 9.17) is 0 Å². The minimum atomic E-state index is -0.707. The van der Waals surface area contributed by atoms with Gasteiger partial charge in [-0.2, -0.15) is 0 Å². The Morgan fingerprint density at radius 1 is 1.23 bits per heavy atom. The van der Waals surface area contributed by atoms with Gasteiger partial charge >= 0.3 is 0 Å². The van der Waals surface area contributed by atoms with Crippen LogP contribution in [0.5, 0.6) is 0 Å². The fourth-order valence-electron chi connectivity index (χ4n) is 5.66.